The number of hydrogen-bond acceptors (Lipinski definition) is 5. The second-order valence-corrected chi connectivity index (χ2v) is 10.2. The first-order valence-electron chi connectivity index (χ1n) is 11.7. The number of urea groups is 1. The molecule has 0 bridgehead atoms. The standard InChI is InChI=1S/C23H27F3N4O4/c1-14-7-28(8-14)18-6-15(2-3-17(18)23(24,25)26)34-16-9-29(10-16)21(32)27-5-4-19-22(12-27)13-30(22)20(31)11-33-19/h2-3,6,14,16,19H,4-5,7-13H2,1H3/t19-,22-,30?/m0/s1. The highest BCUT2D eigenvalue weighted by molar-refractivity contribution is 5.83. The molecule has 3 amide bonds. The van der Waals surface area contributed by atoms with E-state index < -0.39 is 11.7 Å². The molecular weight excluding hydrogens is 453 g/mol. The fourth-order valence-corrected chi connectivity index (χ4v) is 5.73. The van der Waals surface area contributed by atoms with Gasteiger partial charge < -0.3 is 29.1 Å². The van der Waals surface area contributed by atoms with Crippen LogP contribution in [0.15, 0.2) is 18.2 Å². The normalized spacial score (nSPS) is 29.3. The average molecular weight is 480 g/mol. The summed E-state index contributed by atoms with van der Waals surface area (Å²) in [4.78, 5) is 31.9. The van der Waals surface area contributed by atoms with Gasteiger partial charge in [-0.1, -0.05) is 6.92 Å². The predicted octanol–water partition coefficient (Wildman–Crippen LogP) is 2.03. The van der Waals surface area contributed by atoms with E-state index in [2.05, 4.69) is 0 Å². The van der Waals surface area contributed by atoms with E-state index in [1.54, 1.807) is 14.7 Å². The summed E-state index contributed by atoms with van der Waals surface area (Å²) in [7, 11) is 0. The van der Waals surface area contributed by atoms with Crippen molar-refractivity contribution in [2.75, 3.05) is 57.3 Å². The molecule has 1 spiro atoms. The Bertz CT molecular complexity index is 1020. The van der Waals surface area contributed by atoms with Crippen molar-refractivity contribution >= 4 is 17.6 Å². The molecule has 0 radical (unpaired) electrons. The first kappa shape index (κ1) is 21.8. The second-order valence-electron chi connectivity index (χ2n) is 10.2. The maximum atomic E-state index is 13.5. The van der Waals surface area contributed by atoms with Crippen LogP contribution in [0.2, 0.25) is 0 Å². The van der Waals surface area contributed by atoms with Gasteiger partial charge in [0.05, 0.1) is 30.4 Å². The van der Waals surface area contributed by atoms with Gasteiger partial charge in [-0.05, 0) is 24.5 Å². The minimum atomic E-state index is -4.43. The summed E-state index contributed by atoms with van der Waals surface area (Å²) < 4.78 is 52.0. The van der Waals surface area contributed by atoms with Crippen LogP contribution in [0.25, 0.3) is 0 Å². The molecule has 184 valence electrons. The Labute approximate surface area is 195 Å². The SMILES string of the molecule is CC1CN(c2cc(OC3CN(C(=O)N4CC[C@@H]5OCC(=O)N6C[C@@]56C4)C3)ccc2C(F)(F)F)C1. The van der Waals surface area contributed by atoms with Gasteiger partial charge in [0, 0.05) is 38.8 Å². The number of halogens is 3. The highest BCUT2D eigenvalue weighted by Crippen LogP contribution is 2.45. The van der Waals surface area contributed by atoms with Crippen molar-refractivity contribution in [1.82, 2.24) is 14.7 Å². The van der Waals surface area contributed by atoms with Crippen LogP contribution in [0.1, 0.15) is 18.9 Å². The van der Waals surface area contributed by atoms with E-state index in [9.17, 15) is 22.8 Å². The number of anilines is 1. The summed E-state index contributed by atoms with van der Waals surface area (Å²) >= 11 is 0. The van der Waals surface area contributed by atoms with E-state index in [0.29, 0.717) is 63.9 Å². The Morgan fingerprint density at radius 3 is 2.62 bits per heavy atom. The topological polar surface area (TPSA) is 65.3 Å². The molecule has 0 N–H and O–H groups in total. The van der Waals surface area contributed by atoms with E-state index in [4.69, 9.17) is 9.47 Å². The molecule has 2 atom stereocenters. The fourth-order valence-electron chi connectivity index (χ4n) is 5.73. The average Bonchev–Trinajstić information content (AvgIpc) is 3.47. The first-order chi connectivity index (χ1) is 16.1. The number of benzene rings is 1. The lowest BCUT2D eigenvalue weighted by Crippen LogP contribution is -2.64. The van der Waals surface area contributed by atoms with Crippen molar-refractivity contribution < 1.29 is 32.2 Å². The molecule has 0 saturated carbocycles. The van der Waals surface area contributed by atoms with Crippen LogP contribution in [0.3, 0.4) is 0 Å². The van der Waals surface area contributed by atoms with Gasteiger partial charge in [-0.15, -0.1) is 0 Å². The van der Waals surface area contributed by atoms with E-state index >= 15 is 0 Å². The minimum Gasteiger partial charge on any atom is -0.487 e. The molecule has 0 aromatic heterocycles. The molecule has 8 nitrogen and oxygen atoms in total. The number of alkyl halides is 3. The van der Waals surface area contributed by atoms with Crippen molar-refractivity contribution in [2.45, 2.75) is 37.3 Å². The number of piperidine rings is 1. The molecule has 34 heavy (non-hydrogen) atoms. The minimum absolute atomic E-state index is 0.00928. The number of carbonyl (C=O) groups is 2. The maximum absolute atomic E-state index is 13.5. The largest absolute Gasteiger partial charge is 0.487 e. The van der Waals surface area contributed by atoms with Crippen molar-refractivity contribution in [3.63, 3.8) is 0 Å². The third-order valence-corrected chi connectivity index (χ3v) is 7.67. The molecule has 5 heterocycles. The second kappa shape index (κ2) is 7.40. The Hall–Kier alpha value is -2.69. The molecule has 5 saturated heterocycles. The van der Waals surface area contributed by atoms with Crippen LogP contribution >= 0.6 is 0 Å². The zero-order valence-corrected chi connectivity index (χ0v) is 18.9. The number of carbonyl (C=O) groups excluding carboxylic acids is 2. The van der Waals surface area contributed by atoms with Gasteiger partial charge in [-0.3, -0.25) is 4.79 Å². The van der Waals surface area contributed by atoms with E-state index in [1.807, 2.05) is 11.8 Å². The van der Waals surface area contributed by atoms with Gasteiger partial charge in [-0.2, -0.15) is 13.2 Å². The number of morpholine rings is 1. The van der Waals surface area contributed by atoms with Gasteiger partial charge in [0.25, 0.3) is 0 Å². The third kappa shape index (κ3) is 3.47. The highest BCUT2D eigenvalue weighted by atomic mass is 19.4. The van der Waals surface area contributed by atoms with Gasteiger partial charge in [-0.25, -0.2) is 4.79 Å². The molecule has 5 aliphatic rings. The lowest BCUT2D eigenvalue weighted by Gasteiger charge is -2.46. The molecule has 5 fully saturated rings. The van der Waals surface area contributed by atoms with Crippen LogP contribution in [-0.4, -0.2) is 96.8 Å². The molecule has 0 unspecified atom stereocenters. The Balaban J connectivity index is 1.07. The van der Waals surface area contributed by atoms with Crippen molar-refractivity contribution in [1.29, 1.82) is 0 Å². The molecule has 1 aromatic rings. The Kier molecular flexibility index (Phi) is 4.75. The Morgan fingerprint density at radius 2 is 1.91 bits per heavy atom. The van der Waals surface area contributed by atoms with E-state index in [-0.39, 0.29) is 42.0 Å². The number of likely N-dealkylation sites (tertiary alicyclic amines) is 2. The van der Waals surface area contributed by atoms with Gasteiger partial charge in [0.1, 0.15) is 24.0 Å². The van der Waals surface area contributed by atoms with E-state index in [0.717, 1.165) is 6.07 Å². The quantitative estimate of drug-likeness (QED) is 0.620. The third-order valence-electron chi connectivity index (χ3n) is 7.67. The zero-order chi connectivity index (χ0) is 23.8. The number of ether oxygens (including phenoxy) is 2. The molecule has 1 aromatic carbocycles. The highest BCUT2D eigenvalue weighted by Gasteiger charge is 2.65. The van der Waals surface area contributed by atoms with Crippen molar-refractivity contribution in [3.05, 3.63) is 23.8 Å². The zero-order valence-electron chi connectivity index (χ0n) is 18.9. The predicted molar refractivity (Wildman–Crippen MR) is 115 cm³/mol. The number of amides is 3. The molecular formula is C23H27F3N4O4. The molecule has 5 aliphatic heterocycles. The fraction of sp³-hybridized carbons (Fsp3) is 0.652. The van der Waals surface area contributed by atoms with Crippen LogP contribution in [0, 0.1) is 5.92 Å². The Morgan fingerprint density at radius 1 is 1.15 bits per heavy atom. The van der Waals surface area contributed by atoms with Crippen LogP contribution < -0.4 is 9.64 Å². The summed E-state index contributed by atoms with van der Waals surface area (Å²) in [5.41, 5.74) is -0.871. The molecule has 6 rings (SSSR count). The van der Waals surface area contributed by atoms with Crippen LogP contribution in [0.5, 0.6) is 5.75 Å². The number of nitrogens with zero attached hydrogens (tertiary/aromatic N) is 4. The number of hydrogen-bond donors (Lipinski definition) is 0. The smallest absolute Gasteiger partial charge is 0.418 e. The number of rotatable bonds is 3. The van der Waals surface area contributed by atoms with Crippen LogP contribution in [0.4, 0.5) is 23.7 Å². The van der Waals surface area contributed by atoms with E-state index in [1.165, 1.54) is 12.1 Å². The maximum Gasteiger partial charge on any atom is 0.418 e. The summed E-state index contributed by atoms with van der Waals surface area (Å²) in [6.07, 6.45) is -4.00. The lowest BCUT2D eigenvalue weighted by atomic mass is 9.93. The monoisotopic (exact) mass is 480 g/mol. The van der Waals surface area contributed by atoms with Crippen molar-refractivity contribution in [2.24, 2.45) is 5.92 Å². The lowest BCUT2D eigenvalue weighted by molar-refractivity contribution is -0.147. The van der Waals surface area contributed by atoms with Gasteiger partial charge >= 0.3 is 12.2 Å². The van der Waals surface area contributed by atoms with Gasteiger partial charge in [0.2, 0.25) is 5.91 Å². The summed E-state index contributed by atoms with van der Waals surface area (Å²) in [6.45, 7) is 5.74. The first-order valence-corrected chi connectivity index (χ1v) is 11.7. The summed E-state index contributed by atoms with van der Waals surface area (Å²) in [5, 5.41) is 0. The summed E-state index contributed by atoms with van der Waals surface area (Å²) in [5.74, 6) is 0.722. The molecule has 11 heteroatoms. The van der Waals surface area contributed by atoms with Crippen LogP contribution in [-0.2, 0) is 15.7 Å². The molecule has 0 aliphatic carbocycles. The van der Waals surface area contributed by atoms with Gasteiger partial charge in [0.15, 0.2) is 0 Å². The summed E-state index contributed by atoms with van der Waals surface area (Å²) in [6, 6.07) is 3.80. The van der Waals surface area contributed by atoms with Crippen molar-refractivity contribution in [3.8, 4) is 5.75 Å².